The Morgan fingerprint density at radius 3 is 2.64 bits per heavy atom. The van der Waals surface area contributed by atoms with E-state index in [1.54, 1.807) is 4.90 Å². The van der Waals surface area contributed by atoms with Crippen LogP contribution in [-0.2, 0) is 14.3 Å². The zero-order valence-electron chi connectivity index (χ0n) is 16.1. The van der Waals surface area contributed by atoms with Crippen molar-refractivity contribution >= 4 is 17.7 Å². The predicted molar refractivity (Wildman–Crippen MR) is 97.4 cm³/mol. The van der Waals surface area contributed by atoms with E-state index in [4.69, 9.17) is 4.74 Å². The van der Waals surface area contributed by atoms with E-state index < -0.39 is 35.9 Å². The standard InChI is InChI=1S/C21H25F2NO4/c1-12-4-3-5-18(13(12)2)24-10-15(9-20(24)26)21(27)28-11-19(25)14-6-7-16(22)17(23)8-14/h6-8,12-13,15,18H,3-5,9-11H2,1-2H3/t12-,13-,15+,18+/m1/s1. The molecule has 28 heavy (non-hydrogen) atoms. The molecule has 2 fully saturated rings. The highest BCUT2D eigenvalue weighted by atomic mass is 19.2. The zero-order valence-corrected chi connectivity index (χ0v) is 16.1. The van der Waals surface area contributed by atoms with E-state index in [1.807, 2.05) is 0 Å². The van der Waals surface area contributed by atoms with E-state index in [0.717, 1.165) is 37.5 Å². The number of ketones is 1. The molecule has 1 saturated heterocycles. The van der Waals surface area contributed by atoms with Crippen LogP contribution in [0.1, 0.15) is 49.9 Å². The Hall–Kier alpha value is -2.31. The quantitative estimate of drug-likeness (QED) is 0.568. The molecule has 7 heteroatoms. The van der Waals surface area contributed by atoms with Crippen LogP contribution in [0.4, 0.5) is 8.78 Å². The first-order chi connectivity index (χ1) is 13.3. The molecule has 5 nitrogen and oxygen atoms in total. The van der Waals surface area contributed by atoms with Gasteiger partial charge in [0, 0.05) is 24.6 Å². The molecule has 1 amide bonds. The van der Waals surface area contributed by atoms with Crippen molar-refractivity contribution < 1.29 is 27.9 Å². The molecule has 0 bridgehead atoms. The highest BCUT2D eigenvalue weighted by molar-refractivity contribution is 5.98. The molecule has 1 aromatic carbocycles. The van der Waals surface area contributed by atoms with Crippen molar-refractivity contribution in [2.24, 2.45) is 17.8 Å². The minimum Gasteiger partial charge on any atom is -0.457 e. The number of ether oxygens (including phenoxy) is 1. The topological polar surface area (TPSA) is 63.7 Å². The predicted octanol–water partition coefficient (Wildman–Crippen LogP) is 3.36. The number of amides is 1. The summed E-state index contributed by atoms with van der Waals surface area (Å²) in [4.78, 5) is 38.6. The van der Waals surface area contributed by atoms with E-state index >= 15 is 0 Å². The second-order valence-electron chi connectivity index (χ2n) is 7.94. The van der Waals surface area contributed by atoms with Gasteiger partial charge in [0.05, 0.1) is 5.92 Å². The minimum atomic E-state index is -1.13. The van der Waals surface area contributed by atoms with Crippen LogP contribution < -0.4 is 0 Å². The second-order valence-corrected chi connectivity index (χ2v) is 7.94. The maximum atomic E-state index is 13.2. The largest absolute Gasteiger partial charge is 0.457 e. The minimum absolute atomic E-state index is 0.0557. The molecule has 1 aliphatic heterocycles. The fourth-order valence-corrected chi connectivity index (χ4v) is 4.21. The van der Waals surface area contributed by atoms with E-state index in [0.29, 0.717) is 18.4 Å². The molecule has 2 aliphatic rings. The molecular formula is C21H25F2NO4. The number of Topliss-reactive ketones (excluding diaryl/α,β-unsaturated/α-hetero) is 1. The van der Waals surface area contributed by atoms with Crippen LogP contribution >= 0.6 is 0 Å². The fraction of sp³-hybridized carbons (Fsp3) is 0.571. The van der Waals surface area contributed by atoms with Crippen molar-refractivity contribution in [2.75, 3.05) is 13.2 Å². The average molecular weight is 393 g/mol. The number of esters is 1. The lowest BCUT2D eigenvalue weighted by atomic mass is 9.77. The van der Waals surface area contributed by atoms with Gasteiger partial charge in [-0.3, -0.25) is 14.4 Å². The summed E-state index contributed by atoms with van der Waals surface area (Å²) in [7, 11) is 0. The van der Waals surface area contributed by atoms with Crippen molar-refractivity contribution in [3.8, 4) is 0 Å². The van der Waals surface area contributed by atoms with Gasteiger partial charge < -0.3 is 9.64 Å². The number of carbonyl (C=O) groups excluding carboxylic acids is 3. The summed E-state index contributed by atoms with van der Waals surface area (Å²) in [5.41, 5.74) is -0.0687. The van der Waals surface area contributed by atoms with Crippen LogP contribution in [-0.4, -0.2) is 41.8 Å². The van der Waals surface area contributed by atoms with Crippen LogP contribution in [0.25, 0.3) is 0 Å². The Balaban J connectivity index is 1.55. The van der Waals surface area contributed by atoms with Gasteiger partial charge in [0.15, 0.2) is 24.0 Å². The Bertz CT molecular complexity index is 782. The van der Waals surface area contributed by atoms with Gasteiger partial charge in [-0.15, -0.1) is 0 Å². The molecule has 4 atom stereocenters. The number of halogens is 2. The molecule has 0 unspecified atom stereocenters. The molecule has 0 radical (unpaired) electrons. The SMILES string of the molecule is C[C@@H]1[C@H](C)CCC[C@@H]1N1C[C@@H](C(=O)OCC(=O)c2ccc(F)c(F)c2)CC1=O. The van der Waals surface area contributed by atoms with Gasteiger partial charge in [-0.1, -0.05) is 26.7 Å². The van der Waals surface area contributed by atoms with Crippen LogP contribution in [0.5, 0.6) is 0 Å². The van der Waals surface area contributed by atoms with Gasteiger partial charge in [-0.05, 0) is 36.5 Å². The molecule has 1 aromatic rings. The third kappa shape index (κ3) is 4.23. The average Bonchev–Trinajstić information content (AvgIpc) is 3.05. The summed E-state index contributed by atoms with van der Waals surface area (Å²) < 4.78 is 31.2. The van der Waals surface area contributed by atoms with Gasteiger partial charge in [-0.25, -0.2) is 8.78 Å². The maximum absolute atomic E-state index is 13.2. The second kappa shape index (κ2) is 8.37. The highest BCUT2D eigenvalue weighted by Gasteiger charge is 2.42. The number of rotatable bonds is 5. The van der Waals surface area contributed by atoms with E-state index in [-0.39, 0.29) is 23.9 Å². The van der Waals surface area contributed by atoms with Gasteiger partial charge >= 0.3 is 5.97 Å². The normalized spacial score (nSPS) is 27.7. The summed E-state index contributed by atoms with van der Waals surface area (Å²) in [6, 6.07) is 2.90. The molecular weight excluding hydrogens is 368 g/mol. The smallest absolute Gasteiger partial charge is 0.311 e. The third-order valence-electron chi connectivity index (χ3n) is 6.14. The summed E-state index contributed by atoms with van der Waals surface area (Å²) in [5.74, 6) is -3.16. The van der Waals surface area contributed by atoms with Gasteiger partial charge in [-0.2, -0.15) is 0 Å². The van der Waals surface area contributed by atoms with Crippen molar-refractivity contribution in [3.05, 3.63) is 35.4 Å². The van der Waals surface area contributed by atoms with Gasteiger partial charge in [0.2, 0.25) is 5.91 Å². The Labute approximate surface area is 163 Å². The first kappa shape index (κ1) is 20.4. The zero-order chi connectivity index (χ0) is 20.4. The van der Waals surface area contributed by atoms with Crippen LogP contribution in [0.2, 0.25) is 0 Å². The van der Waals surface area contributed by atoms with E-state index in [2.05, 4.69) is 13.8 Å². The molecule has 0 N–H and O–H groups in total. The lowest BCUT2D eigenvalue weighted by Crippen LogP contribution is -2.45. The molecule has 0 spiro atoms. The Kier molecular flexibility index (Phi) is 6.10. The van der Waals surface area contributed by atoms with Crippen molar-refractivity contribution in [3.63, 3.8) is 0 Å². The summed E-state index contributed by atoms with van der Waals surface area (Å²) in [6.07, 6.45) is 3.23. The summed E-state index contributed by atoms with van der Waals surface area (Å²) in [6.45, 7) is 4.07. The van der Waals surface area contributed by atoms with E-state index in [1.165, 1.54) is 0 Å². The molecule has 1 heterocycles. The molecule has 152 valence electrons. The van der Waals surface area contributed by atoms with Gasteiger partial charge in [0.25, 0.3) is 0 Å². The molecule has 3 rings (SSSR count). The van der Waals surface area contributed by atoms with Crippen LogP contribution in [0, 0.1) is 29.4 Å². The van der Waals surface area contributed by atoms with Gasteiger partial charge in [0.1, 0.15) is 0 Å². The highest BCUT2D eigenvalue weighted by Crippen LogP contribution is 2.35. The lowest BCUT2D eigenvalue weighted by Gasteiger charge is -2.39. The number of nitrogens with zero attached hydrogens (tertiary/aromatic N) is 1. The lowest BCUT2D eigenvalue weighted by molar-refractivity contribution is -0.147. The molecule has 1 aliphatic carbocycles. The van der Waals surface area contributed by atoms with Crippen molar-refractivity contribution in [1.82, 2.24) is 4.90 Å². The molecule has 0 aromatic heterocycles. The number of hydrogen-bond acceptors (Lipinski definition) is 4. The fourth-order valence-electron chi connectivity index (χ4n) is 4.21. The first-order valence-electron chi connectivity index (χ1n) is 9.72. The maximum Gasteiger partial charge on any atom is 0.311 e. The van der Waals surface area contributed by atoms with Crippen LogP contribution in [0.15, 0.2) is 18.2 Å². The number of hydrogen-bond donors (Lipinski definition) is 0. The number of likely N-dealkylation sites (tertiary alicyclic amines) is 1. The van der Waals surface area contributed by atoms with Crippen molar-refractivity contribution in [2.45, 2.75) is 45.6 Å². The van der Waals surface area contributed by atoms with Crippen LogP contribution in [0.3, 0.4) is 0 Å². The number of benzene rings is 1. The molecule has 1 saturated carbocycles. The first-order valence-corrected chi connectivity index (χ1v) is 9.72. The Morgan fingerprint density at radius 2 is 1.93 bits per heavy atom. The van der Waals surface area contributed by atoms with E-state index in [9.17, 15) is 23.2 Å². The third-order valence-corrected chi connectivity index (χ3v) is 6.14. The summed E-state index contributed by atoms with van der Waals surface area (Å²) >= 11 is 0. The Morgan fingerprint density at radius 1 is 1.18 bits per heavy atom. The monoisotopic (exact) mass is 393 g/mol. The van der Waals surface area contributed by atoms with Crippen molar-refractivity contribution in [1.29, 1.82) is 0 Å². The summed E-state index contributed by atoms with van der Waals surface area (Å²) in [5, 5.41) is 0. The number of carbonyl (C=O) groups is 3.